The predicted molar refractivity (Wildman–Crippen MR) is 188 cm³/mol. The predicted octanol–water partition coefficient (Wildman–Crippen LogP) is 11.2. The molecular formula is C45H32O. The van der Waals surface area contributed by atoms with Gasteiger partial charge in [-0.2, -0.15) is 0 Å². The molecule has 7 aromatic rings. The van der Waals surface area contributed by atoms with Crippen LogP contribution >= 0.6 is 0 Å². The van der Waals surface area contributed by atoms with E-state index in [4.69, 9.17) is 4.74 Å². The summed E-state index contributed by atoms with van der Waals surface area (Å²) in [7, 11) is 0. The van der Waals surface area contributed by atoms with Gasteiger partial charge in [0.1, 0.15) is 11.5 Å². The molecule has 1 heteroatoms. The lowest BCUT2D eigenvalue weighted by Gasteiger charge is -2.40. The number of ether oxygens (including phenoxy) is 1. The van der Waals surface area contributed by atoms with E-state index in [9.17, 15) is 0 Å². The highest BCUT2D eigenvalue weighted by atomic mass is 16.5. The summed E-state index contributed by atoms with van der Waals surface area (Å²) < 4.78 is 6.76. The van der Waals surface area contributed by atoms with Gasteiger partial charge < -0.3 is 4.74 Å². The van der Waals surface area contributed by atoms with Gasteiger partial charge in [0.05, 0.1) is 10.8 Å². The van der Waals surface area contributed by atoms with E-state index in [0.29, 0.717) is 0 Å². The van der Waals surface area contributed by atoms with Crippen molar-refractivity contribution in [2.45, 2.75) is 17.8 Å². The molecule has 0 fully saturated rings. The normalized spacial score (nSPS) is 16.8. The smallest absolute Gasteiger partial charge is 0.132 e. The second kappa shape index (κ2) is 10.2. The van der Waals surface area contributed by atoms with Crippen molar-refractivity contribution in [3.05, 3.63) is 215 Å². The van der Waals surface area contributed by atoms with Gasteiger partial charge in [0.2, 0.25) is 0 Å². The maximum atomic E-state index is 6.76. The molecule has 0 bridgehead atoms. The average molecular weight is 589 g/mol. The molecule has 1 atom stereocenters. The number of fused-ring (bicyclic) bond motifs is 5. The Labute approximate surface area is 270 Å². The molecule has 2 aliphatic rings. The van der Waals surface area contributed by atoms with E-state index in [2.05, 4.69) is 183 Å². The number of para-hydroxylation sites is 1. The second-order valence-electron chi connectivity index (χ2n) is 12.5. The molecule has 46 heavy (non-hydrogen) atoms. The zero-order valence-corrected chi connectivity index (χ0v) is 25.7. The molecule has 0 N–H and O–H groups in total. The molecule has 1 heterocycles. The van der Waals surface area contributed by atoms with Gasteiger partial charge in [-0.1, -0.05) is 164 Å². The molecule has 9 rings (SSSR count). The van der Waals surface area contributed by atoms with E-state index >= 15 is 0 Å². The molecule has 1 aliphatic heterocycles. The fourth-order valence-corrected chi connectivity index (χ4v) is 8.38. The zero-order chi connectivity index (χ0) is 30.7. The van der Waals surface area contributed by atoms with Crippen LogP contribution in [0, 0.1) is 0 Å². The van der Waals surface area contributed by atoms with Crippen LogP contribution in [0.5, 0.6) is 11.5 Å². The summed E-state index contributed by atoms with van der Waals surface area (Å²) in [5, 5.41) is 0. The van der Waals surface area contributed by atoms with Gasteiger partial charge in [-0.15, -0.1) is 0 Å². The molecular weight excluding hydrogens is 556 g/mol. The highest BCUT2D eigenvalue weighted by Crippen LogP contribution is 2.61. The van der Waals surface area contributed by atoms with Crippen molar-refractivity contribution in [1.29, 1.82) is 0 Å². The molecule has 0 amide bonds. The Bertz CT molecular complexity index is 2190. The molecule has 0 aromatic heterocycles. The van der Waals surface area contributed by atoms with Gasteiger partial charge in [0.25, 0.3) is 0 Å². The Morgan fingerprint density at radius 2 is 0.783 bits per heavy atom. The van der Waals surface area contributed by atoms with Gasteiger partial charge in [0, 0.05) is 11.1 Å². The van der Waals surface area contributed by atoms with E-state index < -0.39 is 10.8 Å². The summed E-state index contributed by atoms with van der Waals surface area (Å²) in [5.41, 5.74) is 12.8. The molecule has 1 nitrogen and oxygen atoms in total. The Kier molecular flexibility index (Phi) is 5.92. The van der Waals surface area contributed by atoms with Crippen LogP contribution in [0.1, 0.15) is 45.9 Å². The lowest BCUT2D eigenvalue weighted by atomic mass is 9.64. The van der Waals surface area contributed by atoms with Crippen molar-refractivity contribution in [3.8, 4) is 33.8 Å². The van der Waals surface area contributed by atoms with Crippen LogP contribution in [-0.4, -0.2) is 0 Å². The Hall–Kier alpha value is -5.66. The second-order valence-corrected chi connectivity index (χ2v) is 12.5. The van der Waals surface area contributed by atoms with Crippen LogP contribution in [0.4, 0.5) is 0 Å². The Morgan fingerprint density at radius 3 is 1.43 bits per heavy atom. The molecule has 0 saturated carbocycles. The van der Waals surface area contributed by atoms with Crippen molar-refractivity contribution in [2.75, 3.05) is 0 Å². The third kappa shape index (κ3) is 3.57. The summed E-state index contributed by atoms with van der Waals surface area (Å²) >= 11 is 0. The highest BCUT2D eigenvalue weighted by Gasteiger charge is 2.49. The van der Waals surface area contributed by atoms with Crippen LogP contribution in [0.3, 0.4) is 0 Å². The van der Waals surface area contributed by atoms with E-state index in [1.165, 1.54) is 61.2 Å². The summed E-state index contributed by atoms with van der Waals surface area (Å²) in [4.78, 5) is 0. The number of benzene rings is 7. The fraction of sp³-hybridized carbons (Fsp3) is 0.0667. The van der Waals surface area contributed by atoms with E-state index in [1.807, 2.05) is 0 Å². The van der Waals surface area contributed by atoms with Gasteiger partial charge in [-0.3, -0.25) is 0 Å². The third-order valence-electron chi connectivity index (χ3n) is 10.3. The first-order chi connectivity index (χ1) is 22.7. The Balaban J connectivity index is 1.42. The standard InChI is InChI=1S/C45H32O/c1-44(31-17-5-2-6-18-31)39-28-13-14-29-40(39)46-41-30-16-26-37(43(41)44)36-25-15-24-35-34-23-11-12-27-38(34)45(42(35)36,32-19-7-3-8-20-32)33-21-9-4-10-22-33/h2-30H,1H3. The van der Waals surface area contributed by atoms with Gasteiger partial charge >= 0.3 is 0 Å². The molecule has 218 valence electrons. The largest absolute Gasteiger partial charge is 0.457 e. The number of rotatable bonds is 4. The van der Waals surface area contributed by atoms with Gasteiger partial charge in [0.15, 0.2) is 0 Å². The first kappa shape index (κ1) is 26.7. The SMILES string of the molecule is CC1(c2ccccc2)c2ccccc2Oc2cccc(-c3cccc4c3C(c3ccccc3)(c3ccccc3)c3ccccc3-4)c21. The maximum absolute atomic E-state index is 6.76. The average Bonchev–Trinajstić information content (AvgIpc) is 3.44. The minimum atomic E-state index is -0.510. The summed E-state index contributed by atoms with van der Waals surface area (Å²) in [5.74, 6) is 1.81. The zero-order valence-electron chi connectivity index (χ0n) is 25.7. The van der Waals surface area contributed by atoms with Crippen LogP contribution < -0.4 is 4.74 Å². The van der Waals surface area contributed by atoms with Crippen LogP contribution in [0.25, 0.3) is 22.3 Å². The third-order valence-corrected chi connectivity index (χ3v) is 10.3. The van der Waals surface area contributed by atoms with Crippen LogP contribution in [-0.2, 0) is 10.8 Å². The topological polar surface area (TPSA) is 9.23 Å². The molecule has 1 unspecified atom stereocenters. The molecule has 7 aromatic carbocycles. The number of hydrogen-bond donors (Lipinski definition) is 0. The van der Waals surface area contributed by atoms with E-state index in [0.717, 1.165) is 11.5 Å². The minimum Gasteiger partial charge on any atom is -0.457 e. The monoisotopic (exact) mass is 588 g/mol. The molecule has 0 saturated heterocycles. The van der Waals surface area contributed by atoms with Crippen molar-refractivity contribution >= 4 is 0 Å². The van der Waals surface area contributed by atoms with E-state index in [1.54, 1.807) is 0 Å². The maximum Gasteiger partial charge on any atom is 0.132 e. The van der Waals surface area contributed by atoms with E-state index in [-0.39, 0.29) is 0 Å². The van der Waals surface area contributed by atoms with Crippen molar-refractivity contribution in [2.24, 2.45) is 0 Å². The highest BCUT2D eigenvalue weighted by molar-refractivity contribution is 5.94. The lowest BCUT2D eigenvalue weighted by Crippen LogP contribution is -2.31. The summed E-state index contributed by atoms with van der Waals surface area (Å²) in [6.45, 7) is 2.37. The van der Waals surface area contributed by atoms with Crippen LogP contribution in [0.2, 0.25) is 0 Å². The molecule has 1 aliphatic carbocycles. The van der Waals surface area contributed by atoms with Crippen molar-refractivity contribution < 1.29 is 4.74 Å². The lowest BCUT2D eigenvalue weighted by molar-refractivity contribution is 0.428. The number of hydrogen-bond acceptors (Lipinski definition) is 1. The van der Waals surface area contributed by atoms with Gasteiger partial charge in [-0.05, 0) is 69.1 Å². The van der Waals surface area contributed by atoms with Crippen molar-refractivity contribution in [3.63, 3.8) is 0 Å². The quantitative estimate of drug-likeness (QED) is 0.199. The molecule has 0 spiro atoms. The summed E-state index contributed by atoms with van der Waals surface area (Å²) in [6.07, 6.45) is 0. The first-order valence-electron chi connectivity index (χ1n) is 16.0. The van der Waals surface area contributed by atoms with Gasteiger partial charge in [-0.25, -0.2) is 0 Å². The Morgan fingerprint density at radius 1 is 0.348 bits per heavy atom. The fourth-order valence-electron chi connectivity index (χ4n) is 8.38. The van der Waals surface area contributed by atoms with Crippen molar-refractivity contribution in [1.82, 2.24) is 0 Å². The van der Waals surface area contributed by atoms with Crippen LogP contribution in [0.15, 0.2) is 176 Å². The first-order valence-corrected chi connectivity index (χ1v) is 16.0. The minimum absolute atomic E-state index is 0.446. The summed E-state index contributed by atoms with van der Waals surface area (Å²) in [6, 6.07) is 63.9. The molecule has 0 radical (unpaired) electrons.